The lowest BCUT2D eigenvalue weighted by Gasteiger charge is -2.08. The first kappa shape index (κ1) is 13.4. The van der Waals surface area contributed by atoms with E-state index in [-0.39, 0.29) is 6.54 Å². The molecule has 0 aliphatic heterocycles. The predicted molar refractivity (Wildman–Crippen MR) is 60.4 cm³/mol. The van der Waals surface area contributed by atoms with Crippen LogP contribution < -0.4 is 5.32 Å². The van der Waals surface area contributed by atoms with E-state index in [1.165, 1.54) is 31.4 Å². The summed E-state index contributed by atoms with van der Waals surface area (Å²) in [5, 5.41) is 1.50. The molecule has 17 heavy (non-hydrogen) atoms. The number of ether oxygens (including phenoxy) is 1. The van der Waals surface area contributed by atoms with Gasteiger partial charge in [-0.05, 0) is 24.3 Å². The molecule has 0 aliphatic carbocycles. The number of amides is 1. The molecule has 0 heterocycles. The van der Waals surface area contributed by atoms with Crippen molar-refractivity contribution in [2.45, 2.75) is 5.38 Å². The second kappa shape index (κ2) is 6.20. The summed E-state index contributed by atoms with van der Waals surface area (Å²) in [4.78, 5) is 22.5. The fourth-order valence-electron chi connectivity index (χ4n) is 1.10. The Balaban J connectivity index is 2.50. The topological polar surface area (TPSA) is 55.4 Å². The van der Waals surface area contributed by atoms with Crippen LogP contribution >= 0.6 is 11.6 Å². The lowest BCUT2D eigenvalue weighted by atomic mass is 10.2. The molecule has 1 amide bonds. The first-order valence-corrected chi connectivity index (χ1v) is 5.24. The number of alkyl halides is 1. The van der Waals surface area contributed by atoms with Gasteiger partial charge < -0.3 is 10.1 Å². The zero-order chi connectivity index (χ0) is 12.8. The minimum Gasteiger partial charge on any atom is -0.468 e. The molecule has 92 valence electrons. The zero-order valence-corrected chi connectivity index (χ0v) is 9.83. The third-order valence-corrected chi connectivity index (χ3v) is 2.34. The van der Waals surface area contributed by atoms with Crippen molar-refractivity contribution in [3.8, 4) is 0 Å². The first-order chi connectivity index (χ1) is 8.04. The largest absolute Gasteiger partial charge is 0.468 e. The second-order valence-electron chi connectivity index (χ2n) is 3.21. The predicted octanol–water partition coefficient (Wildman–Crippen LogP) is 1.34. The summed E-state index contributed by atoms with van der Waals surface area (Å²) in [6.45, 7) is -0.0512. The van der Waals surface area contributed by atoms with E-state index in [2.05, 4.69) is 10.1 Å². The zero-order valence-electron chi connectivity index (χ0n) is 9.07. The highest BCUT2D eigenvalue weighted by Gasteiger charge is 2.16. The molecule has 1 N–H and O–H groups in total. The molecular weight excluding hydrogens is 249 g/mol. The van der Waals surface area contributed by atoms with E-state index in [4.69, 9.17) is 11.6 Å². The number of esters is 1. The van der Waals surface area contributed by atoms with Crippen LogP contribution in [-0.2, 0) is 9.53 Å². The number of rotatable bonds is 4. The van der Waals surface area contributed by atoms with Crippen molar-refractivity contribution in [1.82, 2.24) is 5.32 Å². The Bertz CT molecular complexity index is 408. The number of nitrogens with one attached hydrogen (secondary N) is 1. The minimum absolute atomic E-state index is 0.0512. The molecule has 1 aromatic carbocycles. The summed E-state index contributed by atoms with van der Waals surface area (Å²) >= 11 is 5.64. The fourth-order valence-corrected chi connectivity index (χ4v) is 1.26. The van der Waals surface area contributed by atoms with Gasteiger partial charge in [-0.2, -0.15) is 0 Å². The van der Waals surface area contributed by atoms with Gasteiger partial charge in [0.05, 0.1) is 7.11 Å². The van der Waals surface area contributed by atoms with Gasteiger partial charge in [0.25, 0.3) is 5.91 Å². The van der Waals surface area contributed by atoms with Crippen LogP contribution in [0.25, 0.3) is 0 Å². The molecule has 6 heteroatoms. The Morgan fingerprint density at radius 3 is 2.53 bits per heavy atom. The molecule has 1 rings (SSSR count). The number of carbonyl (C=O) groups excluding carboxylic acids is 2. The molecule has 0 bridgehead atoms. The molecule has 0 radical (unpaired) electrons. The molecule has 1 atom stereocenters. The van der Waals surface area contributed by atoms with Crippen LogP contribution in [0.2, 0.25) is 0 Å². The third-order valence-electron chi connectivity index (χ3n) is 2.01. The summed E-state index contributed by atoms with van der Waals surface area (Å²) < 4.78 is 17.0. The van der Waals surface area contributed by atoms with E-state index in [9.17, 15) is 14.0 Å². The normalized spacial score (nSPS) is 11.7. The average molecular weight is 260 g/mol. The molecule has 1 unspecified atom stereocenters. The van der Waals surface area contributed by atoms with E-state index < -0.39 is 23.1 Å². The number of hydrogen-bond donors (Lipinski definition) is 1. The summed E-state index contributed by atoms with van der Waals surface area (Å²) in [7, 11) is 1.21. The van der Waals surface area contributed by atoms with Crippen molar-refractivity contribution in [1.29, 1.82) is 0 Å². The Kier molecular flexibility index (Phi) is 4.90. The lowest BCUT2D eigenvalue weighted by molar-refractivity contribution is -0.140. The molecule has 0 fully saturated rings. The van der Waals surface area contributed by atoms with Crippen LogP contribution in [0.4, 0.5) is 4.39 Å². The maximum atomic E-state index is 12.6. The van der Waals surface area contributed by atoms with Crippen molar-refractivity contribution in [2.75, 3.05) is 13.7 Å². The monoisotopic (exact) mass is 259 g/mol. The maximum absolute atomic E-state index is 12.6. The Morgan fingerprint density at radius 2 is 2.00 bits per heavy atom. The highest BCUT2D eigenvalue weighted by atomic mass is 35.5. The number of hydrogen-bond acceptors (Lipinski definition) is 3. The molecule has 4 nitrogen and oxygen atoms in total. The van der Waals surface area contributed by atoms with E-state index >= 15 is 0 Å². The number of methoxy groups -OCH3 is 1. The van der Waals surface area contributed by atoms with Gasteiger partial charge in [-0.25, -0.2) is 4.39 Å². The van der Waals surface area contributed by atoms with Crippen LogP contribution in [0.1, 0.15) is 10.4 Å². The molecule has 0 spiro atoms. The summed E-state index contributed by atoms with van der Waals surface area (Å²) in [5.74, 6) is -1.48. The fraction of sp³-hybridized carbons (Fsp3) is 0.273. The standard InChI is InChI=1S/C11H11ClFNO3/c1-17-11(16)9(12)6-14-10(15)7-2-4-8(13)5-3-7/h2-5,9H,6H2,1H3,(H,14,15). The van der Waals surface area contributed by atoms with Crippen LogP contribution in [0.3, 0.4) is 0 Å². The van der Waals surface area contributed by atoms with Gasteiger partial charge in [0.2, 0.25) is 0 Å². The van der Waals surface area contributed by atoms with Crippen molar-refractivity contribution in [3.63, 3.8) is 0 Å². The lowest BCUT2D eigenvalue weighted by Crippen LogP contribution is -2.34. The second-order valence-corrected chi connectivity index (χ2v) is 3.73. The minimum atomic E-state index is -0.940. The smallest absolute Gasteiger partial charge is 0.325 e. The number of carbonyl (C=O) groups is 2. The van der Waals surface area contributed by atoms with Gasteiger partial charge in [-0.3, -0.25) is 9.59 Å². The van der Waals surface area contributed by atoms with Crippen molar-refractivity contribution in [3.05, 3.63) is 35.6 Å². The summed E-state index contributed by atoms with van der Waals surface area (Å²) in [6.07, 6.45) is 0. The van der Waals surface area contributed by atoms with Crippen LogP contribution in [0.5, 0.6) is 0 Å². The SMILES string of the molecule is COC(=O)C(Cl)CNC(=O)c1ccc(F)cc1. The van der Waals surface area contributed by atoms with Crippen molar-refractivity contribution >= 4 is 23.5 Å². The van der Waals surface area contributed by atoms with Gasteiger partial charge >= 0.3 is 5.97 Å². The highest BCUT2D eigenvalue weighted by Crippen LogP contribution is 2.03. The molecule has 0 aromatic heterocycles. The summed E-state index contributed by atoms with van der Waals surface area (Å²) in [6, 6.07) is 5.03. The Labute approximate surface area is 103 Å². The number of benzene rings is 1. The van der Waals surface area contributed by atoms with Gasteiger partial charge in [-0.15, -0.1) is 11.6 Å². The van der Waals surface area contributed by atoms with Gasteiger partial charge in [0.1, 0.15) is 11.2 Å². The highest BCUT2D eigenvalue weighted by molar-refractivity contribution is 6.30. The Morgan fingerprint density at radius 1 is 1.41 bits per heavy atom. The van der Waals surface area contributed by atoms with Crippen LogP contribution in [-0.4, -0.2) is 30.9 Å². The Hall–Kier alpha value is -1.62. The molecule has 0 saturated carbocycles. The van der Waals surface area contributed by atoms with Gasteiger partial charge in [-0.1, -0.05) is 0 Å². The van der Waals surface area contributed by atoms with Crippen molar-refractivity contribution < 1.29 is 18.7 Å². The van der Waals surface area contributed by atoms with Crippen LogP contribution in [0.15, 0.2) is 24.3 Å². The van der Waals surface area contributed by atoms with Crippen LogP contribution in [0, 0.1) is 5.82 Å². The molecular formula is C11H11ClFNO3. The summed E-state index contributed by atoms with van der Waals surface area (Å²) in [5.41, 5.74) is 0.292. The van der Waals surface area contributed by atoms with Gasteiger partial charge in [0.15, 0.2) is 0 Å². The number of halogens is 2. The third kappa shape index (κ3) is 4.03. The average Bonchev–Trinajstić information content (AvgIpc) is 2.35. The molecule has 0 saturated heterocycles. The molecule has 1 aromatic rings. The van der Waals surface area contributed by atoms with E-state index in [0.717, 1.165) is 0 Å². The maximum Gasteiger partial charge on any atom is 0.325 e. The quantitative estimate of drug-likeness (QED) is 0.656. The first-order valence-electron chi connectivity index (χ1n) is 4.80. The van der Waals surface area contributed by atoms with Gasteiger partial charge in [0, 0.05) is 12.1 Å². The van der Waals surface area contributed by atoms with E-state index in [1.54, 1.807) is 0 Å². The van der Waals surface area contributed by atoms with E-state index in [0.29, 0.717) is 5.56 Å². The molecule has 0 aliphatic rings. The van der Waals surface area contributed by atoms with E-state index in [1.807, 2.05) is 0 Å². The van der Waals surface area contributed by atoms with Crippen molar-refractivity contribution in [2.24, 2.45) is 0 Å².